The molecule has 1 atom stereocenters. The molecule has 5 N–H and O–H groups in total. The van der Waals surface area contributed by atoms with Crippen LogP contribution in [-0.4, -0.2) is 35.6 Å². The molecule has 3 amide bonds. The summed E-state index contributed by atoms with van der Waals surface area (Å²) >= 11 is 0. The lowest BCUT2D eigenvalue weighted by Gasteiger charge is -2.29. The van der Waals surface area contributed by atoms with E-state index >= 15 is 0 Å². The van der Waals surface area contributed by atoms with Crippen molar-refractivity contribution in [3.63, 3.8) is 0 Å². The van der Waals surface area contributed by atoms with Gasteiger partial charge in [0.1, 0.15) is 6.04 Å². The Labute approximate surface area is 93.4 Å². The third kappa shape index (κ3) is 5.18. The van der Waals surface area contributed by atoms with E-state index in [0.717, 1.165) is 0 Å². The third-order valence-electron chi connectivity index (χ3n) is 1.83. The van der Waals surface area contributed by atoms with Gasteiger partial charge in [0.2, 0.25) is 11.8 Å². The zero-order valence-electron chi connectivity index (χ0n) is 9.53. The van der Waals surface area contributed by atoms with Crippen LogP contribution in [-0.2, 0) is 9.59 Å². The van der Waals surface area contributed by atoms with Crippen LogP contribution >= 0.6 is 0 Å². The van der Waals surface area contributed by atoms with Gasteiger partial charge in [0.05, 0.1) is 6.54 Å². The molecule has 0 radical (unpaired) electrons. The van der Waals surface area contributed by atoms with E-state index in [1.54, 1.807) is 20.8 Å². The quantitative estimate of drug-likeness (QED) is 0.509. The lowest BCUT2D eigenvalue weighted by Crippen LogP contribution is -2.54. The molecule has 0 spiro atoms. The number of carbonyl (C=O) groups excluding carboxylic acids is 2. The first-order valence-electron chi connectivity index (χ1n) is 4.70. The summed E-state index contributed by atoms with van der Waals surface area (Å²) in [6.07, 6.45) is -1.30. The Morgan fingerprint density at radius 1 is 1.31 bits per heavy atom. The molecule has 0 unspecified atom stereocenters. The average Bonchev–Trinajstić information content (AvgIpc) is 2.08. The van der Waals surface area contributed by atoms with E-state index < -0.39 is 29.4 Å². The van der Waals surface area contributed by atoms with E-state index in [1.807, 2.05) is 0 Å². The minimum absolute atomic E-state index is 0.313. The number of carboxylic acid groups (broad SMARTS) is 1. The van der Waals surface area contributed by atoms with Crippen LogP contribution in [0.3, 0.4) is 0 Å². The molecular weight excluding hydrogens is 214 g/mol. The molecule has 0 aromatic rings. The molecule has 0 saturated carbocycles. The second-order valence-electron chi connectivity index (χ2n) is 4.43. The SMILES string of the molecule is CC(C)(C)[C@H](NC(=O)O)C(=O)NCC(N)=O. The highest BCUT2D eigenvalue weighted by atomic mass is 16.4. The second kappa shape index (κ2) is 5.34. The molecule has 92 valence electrons. The molecule has 0 aromatic heterocycles. The summed E-state index contributed by atoms with van der Waals surface area (Å²) in [5.74, 6) is -1.26. The van der Waals surface area contributed by atoms with Crippen LogP contribution in [0, 0.1) is 5.41 Å². The number of hydrogen-bond acceptors (Lipinski definition) is 3. The zero-order chi connectivity index (χ0) is 12.9. The van der Waals surface area contributed by atoms with Crippen LogP contribution in [0.2, 0.25) is 0 Å². The van der Waals surface area contributed by atoms with Crippen molar-refractivity contribution < 1.29 is 19.5 Å². The Balaban J connectivity index is 4.57. The van der Waals surface area contributed by atoms with Crippen LogP contribution in [0.1, 0.15) is 20.8 Å². The molecule has 0 aliphatic carbocycles. The van der Waals surface area contributed by atoms with E-state index in [0.29, 0.717) is 0 Å². The molecule has 0 aliphatic rings. The fraction of sp³-hybridized carbons (Fsp3) is 0.667. The van der Waals surface area contributed by atoms with Gasteiger partial charge in [-0.15, -0.1) is 0 Å². The maximum absolute atomic E-state index is 11.6. The fourth-order valence-electron chi connectivity index (χ4n) is 1.08. The van der Waals surface area contributed by atoms with Crippen molar-refractivity contribution in [2.45, 2.75) is 26.8 Å². The van der Waals surface area contributed by atoms with Crippen LogP contribution in [0.15, 0.2) is 0 Å². The van der Waals surface area contributed by atoms with Crippen molar-refractivity contribution in [1.29, 1.82) is 0 Å². The van der Waals surface area contributed by atoms with Crippen LogP contribution < -0.4 is 16.4 Å². The molecule has 0 rings (SSSR count). The number of rotatable bonds is 4. The Bertz CT molecular complexity index is 296. The summed E-state index contributed by atoms with van der Waals surface area (Å²) in [5, 5.41) is 12.9. The van der Waals surface area contributed by atoms with Crippen molar-refractivity contribution in [3.05, 3.63) is 0 Å². The molecule has 16 heavy (non-hydrogen) atoms. The molecule has 0 fully saturated rings. The third-order valence-corrected chi connectivity index (χ3v) is 1.83. The van der Waals surface area contributed by atoms with Gasteiger partial charge in [-0.3, -0.25) is 9.59 Å². The van der Waals surface area contributed by atoms with Crippen LogP contribution in [0.5, 0.6) is 0 Å². The van der Waals surface area contributed by atoms with Gasteiger partial charge in [0.25, 0.3) is 0 Å². The Morgan fingerprint density at radius 2 is 1.81 bits per heavy atom. The number of hydrogen-bond donors (Lipinski definition) is 4. The van der Waals surface area contributed by atoms with E-state index in [9.17, 15) is 14.4 Å². The molecule has 7 heteroatoms. The fourth-order valence-corrected chi connectivity index (χ4v) is 1.08. The Hall–Kier alpha value is -1.79. The van der Waals surface area contributed by atoms with Crippen molar-refractivity contribution in [3.8, 4) is 0 Å². The standard InChI is InChI=1S/C9H17N3O4/c1-9(2,3)6(12-8(15)16)7(14)11-4-5(10)13/h6,12H,4H2,1-3H3,(H2,10,13)(H,11,14)(H,15,16)/t6-/m1/s1. The molecule has 0 aromatic carbocycles. The zero-order valence-corrected chi connectivity index (χ0v) is 9.53. The first kappa shape index (κ1) is 14.2. The second-order valence-corrected chi connectivity index (χ2v) is 4.43. The first-order valence-corrected chi connectivity index (χ1v) is 4.70. The molecule has 0 heterocycles. The number of carbonyl (C=O) groups is 3. The number of nitrogens with two attached hydrogens (primary N) is 1. The van der Waals surface area contributed by atoms with Crippen LogP contribution in [0.4, 0.5) is 4.79 Å². The normalized spacial score (nSPS) is 12.7. The van der Waals surface area contributed by atoms with Gasteiger partial charge in [0.15, 0.2) is 0 Å². The van der Waals surface area contributed by atoms with Crippen molar-refractivity contribution in [1.82, 2.24) is 10.6 Å². The molecule has 7 nitrogen and oxygen atoms in total. The largest absolute Gasteiger partial charge is 0.465 e. The molecule has 0 aliphatic heterocycles. The average molecular weight is 231 g/mol. The molecule has 0 saturated heterocycles. The lowest BCUT2D eigenvalue weighted by atomic mass is 9.86. The summed E-state index contributed by atoms with van der Waals surface area (Å²) in [7, 11) is 0. The Morgan fingerprint density at radius 3 is 2.12 bits per heavy atom. The van der Waals surface area contributed by atoms with E-state index in [1.165, 1.54) is 0 Å². The monoisotopic (exact) mass is 231 g/mol. The van der Waals surface area contributed by atoms with Crippen molar-refractivity contribution in [2.24, 2.45) is 11.1 Å². The summed E-state index contributed by atoms with van der Waals surface area (Å²) < 4.78 is 0. The smallest absolute Gasteiger partial charge is 0.405 e. The highest BCUT2D eigenvalue weighted by Crippen LogP contribution is 2.19. The topological polar surface area (TPSA) is 122 Å². The van der Waals surface area contributed by atoms with E-state index in [-0.39, 0.29) is 6.54 Å². The Kier molecular flexibility index (Phi) is 4.74. The van der Waals surface area contributed by atoms with Gasteiger partial charge in [-0.25, -0.2) is 4.79 Å². The number of primary amides is 1. The highest BCUT2D eigenvalue weighted by Gasteiger charge is 2.32. The summed E-state index contributed by atoms with van der Waals surface area (Å²) in [6.45, 7) is 4.80. The molecular formula is C9H17N3O4. The predicted molar refractivity (Wildman–Crippen MR) is 56.6 cm³/mol. The summed E-state index contributed by atoms with van der Waals surface area (Å²) in [4.78, 5) is 32.6. The van der Waals surface area contributed by atoms with Gasteiger partial charge in [-0.1, -0.05) is 20.8 Å². The number of amides is 3. The minimum Gasteiger partial charge on any atom is -0.465 e. The number of nitrogens with one attached hydrogen (secondary N) is 2. The van der Waals surface area contributed by atoms with Gasteiger partial charge in [-0.2, -0.15) is 0 Å². The van der Waals surface area contributed by atoms with Gasteiger partial charge < -0.3 is 21.5 Å². The van der Waals surface area contributed by atoms with Crippen molar-refractivity contribution in [2.75, 3.05) is 6.54 Å². The first-order chi connectivity index (χ1) is 7.14. The lowest BCUT2D eigenvalue weighted by molar-refractivity contribution is -0.128. The summed E-state index contributed by atoms with van der Waals surface area (Å²) in [5.41, 5.74) is 4.26. The summed E-state index contributed by atoms with van der Waals surface area (Å²) in [6, 6.07) is -0.940. The van der Waals surface area contributed by atoms with Crippen molar-refractivity contribution >= 4 is 17.9 Å². The van der Waals surface area contributed by atoms with Gasteiger partial charge >= 0.3 is 6.09 Å². The minimum atomic E-state index is -1.30. The van der Waals surface area contributed by atoms with Gasteiger partial charge in [-0.05, 0) is 5.41 Å². The van der Waals surface area contributed by atoms with Gasteiger partial charge in [0, 0.05) is 0 Å². The predicted octanol–water partition coefficient (Wildman–Crippen LogP) is -0.730. The van der Waals surface area contributed by atoms with E-state index in [4.69, 9.17) is 10.8 Å². The van der Waals surface area contributed by atoms with Crippen LogP contribution in [0.25, 0.3) is 0 Å². The maximum Gasteiger partial charge on any atom is 0.405 e. The molecule has 0 bridgehead atoms. The maximum atomic E-state index is 11.6. The van der Waals surface area contributed by atoms with E-state index in [2.05, 4.69) is 10.6 Å². The highest BCUT2D eigenvalue weighted by molar-refractivity contribution is 5.89.